The standard InChI is InChI=1S/C13H16N2O2S/c1-3-14(4-2)12(17)9-15-7-5-11(16)13-10(15)6-8-18-13/h5-8H,3-4,9H2,1-2H3. The number of hydrogen-bond donors (Lipinski definition) is 0. The maximum absolute atomic E-state index is 12.1. The van der Waals surface area contributed by atoms with Gasteiger partial charge in [0, 0.05) is 25.4 Å². The third-order valence-corrected chi connectivity index (χ3v) is 3.92. The van der Waals surface area contributed by atoms with Gasteiger partial charge in [0.25, 0.3) is 0 Å². The Morgan fingerprint density at radius 1 is 1.33 bits per heavy atom. The van der Waals surface area contributed by atoms with Gasteiger partial charge in [-0.1, -0.05) is 0 Å². The number of rotatable bonds is 4. The Bertz CT molecular complexity index is 611. The lowest BCUT2D eigenvalue weighted by atomic mass is 10.3. The fourth-order valence-corrected chi connectivity index (χ4v) is 2.81. The summed E-state index contributed by atoms with van der Waals surface area (Å²) in [6.45, 7) is 5.64. The average molecular weight is 264 g/mol. The molecule has 0 saturated carbocycles. The normalized spacial score (nSPS) is 10.8. The van der Waals surface area contributed by atoms with Crippen LogP contribution in [0, 0.1) is 0 Å². The fourth-order valence-electron chi connectivity index (χ4n) is 1.99. The summed E-state index contributed by atoms with van der Waals surface area (Å²) in [5.74, 6) is 0.0798. The van der Waals surface area contributed by atoms with Crippen molar-refractivity contribution in [3.05, 3.63) is 33.9 Å². The van der Waals surface area contributed by atoms with Gasteiger partial charge in [-0.25, -0.2) is 0 Å². The van der Waals surface area contributed by atoms with Gasteiger partial charge < -0.3 is 9.47 Å². The highest BCUT2D eigenvalue weighted by Gasteiger charge is 2.12. The molecule has 2 heterocycles. The highest BCUT2D eigenvalue weighted by molar-refractivity contribution is 7.17. The van der Waals surface area contributed by atoms with Crippen molar-refractivity contribution in [3.8, 4) is 0 Å². The molecule has 4 nitrogen and oxygen atoms in total. The Morgan fingerprint density at radius 3 is 2.72 bits per heavy atom. The summed E-state index contributed by atoms with van der Waals surface area (Å²) in [6, 6.07) is 3.41. The average Bonchev–Trinajstić information content (AvgIpc) is 2.84. The van der Waals surface area contributed by atoms with Crippen molar-refractivity contribution in [1.82, 2.24) is 9.47 Å². The Hall–Kier alpha value is -1.62. The van der Waals surface area contributed by atoms with Crippen LogP contribution < -0.4 is 5.43 Å². The molecule has 0 fully saturated rings. The number of amides is 1. The van der Waals surface area contributed by atoms with Crippen molar-refractivity contribution < 1.29 is 4.79 Å². The van der Waals surface area contributed by atoms with E-state index in [2.05, 4.69) is 0 Å². The monoisotopic (exact) mass is 264 g/mol. The molecule has 2 rings (SSSR count). The number of hydrogen-bond acceptors (Lipinski definition) is 3. The first-order chi connectivity index (χ1) is 8.67. The number of fused-ring (bicyclic) bond motifs is 1. The zero-order chi connectivity index (χ0) is 13.1. The second-order valence-corrected chi connectivity index (χ2v) is 4.92. The van der Waals surface area contributed by atoms with Gasteiger partial charge in [-0.3, -0.25) is 9.59 Å². The van der Waals surface area contributed by atoms with Crippen LogP contribution >= 0.6 is 11.3 Å². The molecule has 18 heavy (non-hydrogen) atoms. The van der Waals surface area contributed by atoms with Crippen LogP contribution in [0.25, 0.3) is 10.2 Å². The van der Waals surface area contributed by atoms with Crippen molar-refractivity contribution in [2.75, 3.05) is 13.1 Å². The van der Waals surface area contributed by atoms with E-state index >= 15 is 0 Å². The van der Waals surface area contributed by atoms with Crippen LogP contribution in [-0.2, 0) is 11.3 Å². The summed E-state index contributed by atoms with van der Waals surface area (Å²) in [5.41, 5.74) is 0.861. The van der Waals surface area contributed by atoms with E-state index in [1.165, 1.54) is 17.4 Å². The van der Waals surface area contributed by atoms with E-state index in [-0.39, 0.29) is 17.9 Å². The van der Waals surface area contributed by atoms with Crippen molar-refractivity contribution in [2.24, 2.45) is 0 Å². The highest BCUT2D eigenvalue weighted by atomic mass is 32.1. The van der Waals surface area contributed by atoms with E-state index < -0.39 is 0 Å². The lowest BCUT2D eigenvalue weighted by molar-refractivity contribution is -0.131. The van der Waals surface area contributed by atoms with Gasteiger partial charge in [0.2, 0.25) is 5.91 Å². The molecular formula is C13H16N2O2S. The molecule has 0 aliphatic rings. The molecule has 5 heteroatoms. The van der Waals surface area contributed by atoms with Crippen LogP contribution in [0.1, 0.15) is 13.8 Å². The molecule has 0 N–H and O–H groups in total. The van der Waals surface area contributed by atoms with Crippen LogP contribution in [0.4, 0.5) is 0 Å². The summed E-state index contributed by atoms with van der Waals surface area (Å²) >= 11 is 1.42. The maximum Gasteiger partial charge on any atom is 0.242 e. The highest BCUT2D eigenvalue weighted by Crippen LogP contribution is 2.16. The largest absolute Gasteiger partial charge is 0.342 e. The number of nitrogens with zero attached hydrogens (tertiary/aromatic N) is 2. The predicted octanol–water partition coefficient (Wildman–Crippen LogP) is 1.93. The van der Waals surface area contributed by atoms with E-state index in [0.717, 1.165) is 5.52 Å². The SMILES string of the molecule is CCN(CC)C(=O)Cn1ccc(=O)c2sccc21. The van der Waals surface area contributed by atoms with Gasteiger partial charge in [0.05, 0.1) is 10.2 Å². The van der Waals surface area contributed by atoms with Crippen molar-refractivity contribution >= 4 is 27.5 Å². The van der Waals surface area contributed by atoms with Gasteiger partial charge in [0.1, 0.15) is 6.54 Å². The number of pyridine rings is 1. The van der Waals surface area contributed by atoms with Gasteiger partial charge in [-0.05, 0) is 25.3 Å². The third-order valence-electron chi connectivity index (χ3n) is 3.01. The Kier molecular flexibility index (Phi) is 3.81. The summed E-state index contributed by atoms with van der Waals surface area (Å²) in [7, 11) is 0. The van der Waals surface area contributed by atoms with Gasteiger partial charge in [0.15, 0.2) is 5.43 Å². The quantitative estimate of drug-likeness (QED) is 0.847. The Labute approximate surface area is 109 Å². The summed E-state index contributed by atoms with van der Waals surface area (Å²) < 4.78 is 2.55. The first-order valence-corrected chi connectivity index (χ1v) is 6.89. The molecule has 0 aliphatic heterocycles. The molecule has 0 spiro atoms. The summed E-state index contributed by atoms with van der Waals surface area (Å²) in [6.07, 6.45) is 1.69. The fraction of sp³-hybridized carbons (Fsp3) is 0.385. The van der Waals surface area contributed by atoms with Gasteiger partial charge >= 0.3 is 0 Å². The van der Waals surface area contributed by atoms with Crippen LogP contribution in [0.2, 0.25) is 0 Å². The maximum atomic E-state index is 12.1. The molecule has 96 valence electrons. The van der Waals surface area contributed by atoms with E-state index in [1.54, 1.807) is 11.1 Å². The Morgan fingerprint density at radius 2 is 2.06 bits per heavy atom. The minimum Gasteiger partial charge on any atom is -0.342 e. The molecule has 2 aromatic rings. The predicted molar refractivity (Wildman–Crippen MR) is 74.0 cm³/mol. The zero-order valence-corrected chi connectivity index (χ0v) is 11.4. The van der Waals surface area contributed by atoms with E-state index in [9.17, 15) is 9.59 Å². The molecule has 0 bridgehead atoms. The van der Waals surface area contributed by atoms with Crippen molar-refractivity contribution in [1.29, 1.82) is 0 Å². The number of carbonyl (C=O) groups is 1. The number of carbonyl (C=O) groups excluding carboxylic acids is 1. The number of thiophene rings is 1. The molecule has 0 saturated heterocycles. The van der Waals surface area contributed by atoms with Gasteiger partial charge in [-0.15, -0.1) is 11.3 Å². The molecule has 0 unspecified atom stereocenters. The topological polar surface area (TPSA) is 42.3 Å². The molecule has 0 radical (unpaired) electrons. The van der Waals surface area contributed by atoms with Crippen LogP contribution in [0.3, 0.4) is 0 Å². The minimum absolute atomic E-state index is 0.0199. The first-order valence-electron chi connectivity index (χ1n) is 6.01. The van der Waals surface area contributed by atoms with Crippen LogP contribution in [0.5, 0.6) is 0 Å². The second kappa shape index (κ2) is 5.35. The number of aromatic nitrogens is 1. The van der Waals surface area contributed by atoms with E-state index in [1.807, 2.05) is 29.9 Å². The van der Waals surface area contributed by atoms with Crippen LogP contribution in [-0.4, -0.2) is 28.5 Å². The van der Waals surface area contributed by atoms with E-state index in [4.69, 9.17) is 0 Å². The third kappa shape index (κ3) is 2.31. The molecular weight excluding hydrogens is 248 g/mol. The minimum atomic E-state index is 0.0199. The summed E-state index contributed by atoms with van der Waals surface area (Å²) in [4.78, 5) is 25.5. The second-order valence-electron chi connectivity index (χ2n) is 4.01. The smallest absolute Gasteiger partial charge is 0.242 e. The lowest BCUT2D eigenvalue weighted by Gasteiger charge is -2.19. The van der Waals surface area contributed by atoms with Gasteiger partial charge in [-0.2, -0.15) is 0 Å². The molecule has 0 atom stereocenters. The number of likely N-dealkylation sites (N-methyl/N-ethyl adjacent to an activating group) is 1. The zero-order valence-electron chi connectivity index (χ0n) is 10.5. The van der Waals surface area contributed by atoms with Crippen molar-refractivity contribution in [3.63, 3.8) is 0 Å². The van der Waals surface area contributed by atoms with E-state index in [0.29, 0.717) is 17.8 Å². The Balaban J connectivity index is 2.32. The molecule has 0 aromatic carbocycles. The van der Waals surface area contributed by atoms with Crippen molar-refractivity contribution in [2.45, 2.75) is 20.4 Å². The molecule has 1 amide bonds. The van der Waals surface area contributed by atoms with Crippen LogP contribution in [0.15, 0.2) is 28.5 Å². The molecule has 0 aliphatic carbocycles. The first kappa shape index (κ1) is 12.8. The lowest BCUT2D eigenvalue weighted by Crippen LogP contribution is -2.33. The summed E-state index contributed by atoms with van der Waals surface area (Å²) in [5, 5.41) is 1.88. The molecule has 2 aromatic heterocycles.